The number of carbonyl (C=O) groups is 2. The van der Waals surface area contributed by atoms with Crippen molar-refractivity contribution in [3.8, 4) is 11.5 Å². The van der Waals surface area contributed by atoms with Crippen LogP contribution < -0.4 is 20.2 Å². The Labute approximate surface area is 233 Å². The molecule has 0 aromatic heterocycles. The predicted octanol–water partition coefficient (Wildman–Crippen LogP) is 6.36. The van der Waals surface area contributed by atoms with E-state index < -0.39 is 0 Å². The fraction of sp³-hybridized carbons (Fsp3) is 0.192. The first-order valence-electron chi connectivity index (χ1n) is 10.9. The first-order valence-corrected chi connectivity index (χ1v) is 12.7. The Hall–Kier alpha value is -2.82. The first kappa shape index (κ1) is 27.8. The number of benzene rings is 3. The van der Waals surface area contributed by atoms with Gasteiger partial charge in [-0.1, -0.05) is 47.5 Å². The number of ether oxygens (including phenoxy) is 2. The van der Waals surface area contributed by atoms with Gasteiger partial charge in [-0.05, 0) is 71.0 Å². The lowest BCUT2D eigenvalue weighted by Crippen LogP contribution is -2.20. The average Bonchev–Trinajstić information content (AvgIpc) is 2.84. The lowest BCUT2D eigenvalue weighted by molar-refractivity contribution is -0.124. The Kier molecular flexibility index (Phi) is 10.4. The third-order valence-corrected chi connectivity index (χ3v) is 6.43. The summed E-state index contributed by atoms with van der Waals surface area (Å²) in [5, 5.41) is 7.86. The highest BCUT2D eigenvalue weighted by Gasteiger charge is 2.13. The van der Waals surface area contributed by atoms with E-state index in [0.29, 0.717) is 27.1 Å². The van der Waals surface area contributed by atoms with Crippen LogP contribution in [-0.2, 0) is 16.2 Å². The molecule has 0 bridgehead atoms. The van der Waals surface area contributed by atoms with Crippen molar-refractivity contribution < 1.29 is 19.1 Å². The molecule has 7 nitrogen and oxygen atoms in total. The lowest BCUT2D eigenvalue weighted by atomic mass is 10.2. The molecular weight excluding hydrogens is 616 g/mol. The number of halogens is 3. The third kappa shape index (κ3) is 8.11. The molecule has 0 fully saturated rings. The molecule has 2 N–H and O–H groups in total. The molecule has 0 atom stereocenters. The number of hydrogen-bond donors (Lipinski definition) is 2. The molecule has 2 amide bonds. The van der Waals surface area contributed by atoms with Crippen LogP contribution in [0.4, 0.5) is 5.69 Å². The van der Waals surface area contributed by atoms with E-state index in [4.69, 9.17) is 32.7 Å². The largest absolute Gasteiger partial charge is 0.493 e. The van der Waals surface area contributed by atoms with Gasteiger partial charge in [-0.3, -0.25) is 9.59 Å². The Bertz CT molecular complexity index is 1280. The fourth-order valence-electron chi connectivity index (χ4n) is 3.13. The molecule has 0 unspecified atom stereocenters. The van der Waals surface area contributed by atoms with Crippen molar-refractivity contribution in [1.82, 2.24) is 5.43 Å². The molecule has 3 aromatic rings. The second-order valence-corrected chi connectivity index (χ2v) is 9.72. The summed E-state index contributed by atoms with van der Waals surface area (Å²) in [5.74, 6) is 0.462. The molecule has 0 saturated heterocycles. The van der Waals surface area contributed by atoms with Crippen LogP contribution in [-0.4, -0.2) is 25.1 Å². The zero-order chi connectivity index (χ0) is 26.1. The molecule has 0 saturated carbocycles. The SMILES string of the molecule is COc1cc(C=NNC(=O)CCC(=O)Nc2ccccc2C)cc(I)c1OCc1ccc(Cl)cc1Cl. The Morgan fingerprint density at radius 2 is 1.81 bits per heavy atom. The van der Waals surface area contributed by atoms with Crippen LogP contribution in [0, 0.1) is 10.5 Å². The minimum Gasteiger partial charge on any atom is -0.493 e. The minimum atomic E-state index is -0.368. The van der Waals surface area contributed by atoms with E-state index >= 15 is 0 Å². The molecular formula is C26H24Cl2IN3O4. The number of hydrazone groups is 1. The van der Waals surface area contributed by atoms with Crippen molar-refractivity contribution in [1.29, 1.82) is 0 Å². The molecule has 0 radical (unpaired) electrons. The van der Waals surface area contributed by atoms with E-state index in [-0.39, 0.29) is 31.3 Å². The number of hydrogen-bond acceptors (Lipinski definition) is 5. The van der Waals surface area contributed by atoms with Gasteiger partial charge >= 0.3 is 0 Å². The van der Waals surface area contributed by atoms with Crippen molar-refractivity contribution in [3.05, 3.63) is 84.9 Å². The molecule has 3 aromatic carbocycles. The Morgan fingerprint density at radius 3 is 2.53 bits per heavy atom. The highest BCUT2D eigenvalue weighted by molar-refractivity contribution is 14.1. The van der Waals surface area contributed by atoms with E-state index in [0.717, 1.165) is 20.4 Å². The van der Waals surface area contributed by atoms with E-state index in [2.05, 4.69) is 38.4 Å². The first-order chi connectivity index (χ1) is 17.3. The topological polar surface area (TPSA) is 89.0 Å². The van der Waals surface area contributed by atoms with Gasteiger partial charge in [0.15, 0.2) is 11.5 Å². The van der Waals surface area contributed by atoms with Crippen molar-refractivity contribution in [2.45, 2.75) is 26.4 Å². The van der Waals surface area contributed by atoms with E-state index in [1.165, 1.54) is 13.3 Å². The van der Waals surface area contributed by atoms with Crippen LogP contribution in [0.15, 0.2) is 59.7 Å². The Balaban J connectivity index is 1.54. The van der Waals surface area contributed by atoms with Crippen molar-refractivity contribution in [2.24, 2.45) is 5.10 Å². The second-order valence-electron chi connectivity index (χ2n) is 7.71. The molecule has 0 aliphatic rings. The van der Waals surface area contributed by atoms with Gasteiger partial charge < -0.3 is 14.8 Å². The minimum absolute atomic E-state index is 0.00987. The van der Waals surface area contributed by atoms with Crippen molar-refractivity contribution in [3.63, 3.8) is 0 Å². The van der Waals surface area contributed by atoms with Gasteiger partial charge in [-0.2, -0.15) is 5.10 Å². The quantitative estimate of drug-likeness (QED) is 0.153. The number of amides is 2. The summed E-state index contributed by atoms with van der Waals surface area (Å²) < 4.78 is 12.2. The number of methoxy groups -OCH3 is 1. The summed E-state index contributed by atoms with van der Waals surface area (Å²) in [7, 11) is 1.54. The van der Waals surface area contributed by atoms with E-state index in [1.807, 2.05) is 37.3 Å². The van der Waals surface area contributed by atoms with Gasteiger partial charge in [0.2, 0.25) is 11.8 Å². The summed E-state index contributed by atoms with van der Waals surface area (Å²) in [6.45, 7) is 2.14. The van der Waals surface area contributed by atoms with Gasteiger partial charge in [-0.25, -0.2) is 5.43 Å². The Morgan fingerprint density at radius 1 is 1.06 bits per heavy atom. The number of anilines is 1. The normalized spacial score (nSPS) is 10.8. The number of aryl methyl sites for hydroxylation is 1. The molecule has 36 heavy (non-hydrogen) atoms. The van der Waals surface area contributed by atoms with Gasteiger partial charge in [0.1, 0.15) is 6.61 Å². The molecule has 3 rings (SSSR count). The molecule has 0 aliphatic heterocycles. The monoisotopic (exact) mass is 639 g/mol. The molecule has 188 valence electrons. The third-order valence-electron chi connectivity index (χ3n) is 5.04. The van der Waals surface area contributed by atoms with Crippen molar-refractivity contribution >= 4 is 69.5 Å². The number of rotatable bonds is 10. The number of para-hydroxylation sites is 1. The average molecular weight is 640 g/mol. The van der Waals surface area contributed by atoms with Gasteiger partial charge in [0.25, 0.3) is 0 Å². The highest BCUT2D eigenvalue weighted by atomic mass is 127. The molecule has 0 heterocycles. The van der Waals surface area contributed by atoms with Crippen LogP contribution in [0.1, 0.15) is 29.5 Å². The number of nitrogens with zero attached hydrogens (tertiary/aromatic N) is 1. The fourth-order valence-corrected chi connectivity index (χ4v) is 4.37. The summed E-state index contributed by atoms with van der Waals surface area (Å²) in [6, 6.07) is 16.3. The van der Waals surface area contributed by atoms with Crippen LogP contribution in [0.3, 0.4) is 0 Å². The highest BCUT2D eigenvalue weighted by Crippen LogP contribution is 2.35. The van der Waals surface area contributed by atoms with Gasteiger partial charge in [-0.15, -0.1) is 0 Å². The lowest BCUT2D eigenvalue weighted by Gasteiger charge is -2.14. The summed E-state index contributed by atoms with van der Waals surface area (Å²) >= 11 is 14.3. The zero-order valence-electron chi connectivity index (χ0n) is 19.6. The zero-order valence-corrected chi connectivity index (χ0v) is 23.3. The standard InChI is InChI=1S/C26H24Cl2IN3O4/c1-16-5-3-4-6-22(16)31-24(33)9-10-25(34)32-30-14-17-11-21(29)26(23(12-17)35-2)36-15-18-7-8-19(27)13-20(18)28/h3-8,11-14H,9-10,15H2,1-2H3,(H,31,33)(H,32,34). The second kappa shape index (κ2) is 13.5. The van der Waals surface area contributed by atoms with E-state index in [9.17, 15) is 9.59 Å². The van der Waals surface area contributed by atoms with Crippen LogP contribution in [0.2, 0.25) is 10.0 Å². The molecule has 0 spiro atoms. The van der Waals surface area contributed by atoms with Gasteiger partial charge in [0.05, 0.1) is 16.9 Å². The summed E-state index contributed by atoms with van der Waals surface area (Å²) in [5.41, 5.74) is 5.62. The molecule has 10 heteroatoms. The van der Waals surface area contributed by atoms with E-state index in [1.54, 1.807) is 24.3 Å². The summed E-state index contributed by atoms with van der Waals surface area (Å²) in [6.07, 6.45) is 1.55. The van der Waals surface area contributed by atoms with Crippen molar-refractivity contribution in [2.75, 3.05) is 12.4 Å². The summed E-state index contributed by atoms with van der Waals surface area (Å²) in [4.78, 5) is 24.2. The smallest absolute Gasteiger partial charge is 0.240 e. The maximum absolute atomic E-state index is 12.1. The maximum Gasteiger partial charge on any atom is 0.240 e. The van der Waals surface area contributed by atoms with Crippen LogP contribution in [0.5, 0.6) is 11.5 Å². The van der Waals surface area contributed by atoms with Gasteiger partial charge in [0, 0.05) is 34.1 Å². The molecule has 0 aliphatic carbocycles. The number of carbonyl (C=O) groups excluding carboxylic acids is 2. The maximum atomic E-state index is 12.1. The number of nitrogens with one attached hydrogen (secondary N) is 2. The van der Waals surface area contributed by atoms with Crippen LogP contribution in [0.25, 0.3) is 0 Å². The van der Waals surface area contributed by atoms with Crippen LogP contribution >= 0.6 is 45.8 Å². The predicted molar refractivity (Wildman–Crippen MR) is 151 cm³/mol.